The summed E-state index contributed by atoms with van der Waals surface area (Å²) >= 11 is 0. The van der Waals surface area contributed by atoms with Crippen molar-refractivity contribution in [3.8, 4) is 0 Å². The lowest BCUT2D eigenvalue weighted by Gasteiger charge is -2.18. The molecule has 0 radical (unpaired) electrons. The average Bonchev–Trinajstić information content (AvgIpc) is 3.25. The molecule has 0 spiro atoms. The standard InChI is InChI=1S/C19H22N4O2/c1-14-11-15(2)23(22-14)17(18-9-6-10-25-18)13-21-19(24)20-12-16-7-4-3-5-8-16/h3-11,17H,12-13H2,1-2H3,(H2,20,21,24). The van der Waals surface area contributed by atoms with Crippen LogP contribution in [0.25, 0.3) is 0 Å². The van der Waals surface area contributed by atoms with E-state index in [4.69, 9.17) is 4.42 Å². The molecule has 0 saturated carbocycles. The molecule has 3 aromatic rings. The van der Waals surface area contributed by atoms with Crippen molar-refractivity contribution in [3.63, 3.8) is 0 Å². The molecule has 1 unspecified atom stereocenters. The van der Waals surface area contributed by atoms with Crippen LogP contribution >= 0.6 is 0 Å². The van der Waals surface area contributed by atoms with Gasteiger partial charge in [-0.2, -0.15) is 5.10 Å². The number of furan rings is 1. The van der Waals surface area contributed by atoms with Crippen molar-refractivity contribution in [1.82, 2.24) is 20.4 Å². The van der Waals surface area contributed by atoms with Crippen LogP contribution in [-0.2, 0) is 6.54 Å². The van der Waals surface area contributed by atoms with Gasteiger partial charge in [0.15, 0.2) is 0 Å². The number of hydrogen-bond acceptors (Lipinski definition) is 3. The molecule has 0 aliphatic rings. The van der Waals surface area contributed by atoms with Crippen LogP contribution in [0, 0.1) is 13.8 Å². The molecule has 2 aromatic heterocycles. The first-order chi connectivity index (χ1) is 12.1. The molecule has 1 aromatic carbocycles. The van der Waals surface area contributed by atoms with Crippen molar-refractivity contribution >= 4 is 6.03 Å². The SMILES string of the molecule is Cc1cc(C)n(C(CNC(=O)NCc2ccccc2)c2ccco2)n1. The summed E-state index contributed by atoms with van der Waals surface area (Å²) in [6, 6.07) is 15.1. The zero-order chi connectivity index (χ0) is 17.6. The summed E-state index contributed by atoms with van der Waals surface area (Å²) in [5.41, 5.74) is 3.01. The van der Waals surface area contributed by atoms with Gasteiger partial charge >= 0.3 is 6.03 Å². The van der Waals surface area contributed by atoms with Gasteiger partial charge < -0.3 is 15.1 Å². The summed E-state index contributed by atoms with van der Waals surface area (Å²) in [5, 5.41) is 10.3. The maximum atomic E-state index is 12.1. The quantitative estimate of drug-likeness (QED) is 0.725. The lowest BCUT2D eigenvalue weighted by atomic mass is 10.2. The van der Waals surface area contributed by atoms with E-state index < -0.39 is 0 Å². The van der Waals surface area contributed by atoms with Gasteiger partial charge in [-0.3, -0.25) is 4.68 Å². The Morgan fingerprint density at radius 3 is 2.60 bits per heavy atom. The van der Waals surface area contributed by atoms with Crippen LogP contribution in [-0.4, -0.2) is 22.4 Å². The third-order valence-electron chi connectivity index (χ3n) is 3.96. The Kier molecular flexibility index (Phi) is 5.18. The van der Waals surface area contributed by atoms with Crippen LogP contribution in [0.2, 0.25) is 0 Å². The van der Waals surface area contributed by atoms with E-state index in [9.17, 15) is 4.79 Å². The van der Waals surface area contributed by atoms with Crippen LogP contribution in [0.1, 0.15) is 28.8 Å². The normalized spacial score (nSPS) is 11.9. The summed E-state index contributed by atoms with van der Waals surface area (Å²) in [4.78, 5) is 12.1. The molecule has 0 fully saturated rings. The summed E-state index contributed by atoms with van der Waals surface area (Å²) in [6.07, 6.45) is 1.63. The van der Waals surface area contributed by atoms with Crippen LogP contribution in [0.5, 0.6) is 0 Å². The number of aryl methyl sites for hydroxylation is 2. The van der Waals surface area contributed by atoms with Gasteiger partial charge in [0.25, 0.3) is 0 Å². The number of carbonyl (C=O) groups is 1. The predicted molar refractivity (Wildman–Crippen MR) is 95.2 cm³/mol. The van der Waals surface area contributed by atoms with Crippen molar-refractivity contribution in [2.24, 2.45) is 0 Å². The molecule has 0 bridgehead atoms. The Bertz CT molecular complexity index is 809. The fourth-order valence-corrected chi connectivity index (χ4v) is 2.78. The predicted octanol–water partition coefficient (Wildman–Crippen LogP) is 3.18. The van der Waals surface area contributed by atoms with Gasteiger partial charge in [-0.15, -0.1) is 0 Å². The highest BCUT2D eigenvalue weighted by Gasteiger charge is 2.20. The molecule has 130 valence electrons. The molecule has 0 saturated heterocycles. The Morgan fingerprint density at radius 1 is 1.16 bits per heavy atom. The number of nitrogens with one attached hydrogen (secondary N) is 2. The smallest absolute Gasteiger partial charge is 0.315 e. The number of rotatable bonds is 6. The molecule has 3 rings (SSSR count). The largest absolute Gasteiger partial charge is 0.467 e. The molecule has 0 aliphatic carbocycles. The minimum Gasteiger partial charge on any atom is -0.467 e. The van der Waals surface area contributed by atoms with E-state index >= 15 is 0 Å². The number of hydrogen-bond donors (Lipinski definition) is 2. The summed E-state index contributed by atoms with van der Waals surface area (Å²) in [6.45, 7) is 4.81. The second-order valence-electron chi connectivity index (χ2n) is 5.95. The number of aromatic nitrogens is 2. The monoisotopic (exact) mass is 338 g/mol. The zero-order valence-corrected chi connectivity index (χ0v) is 14.4. The van der Waals surface area contributed by atoms with Gasteiger partial charge in [-0.1, -0.05) is 30.3 Å². The second kappa shape index (κ2) is 7.70. The Morgan fingerprint density at radius 2 is 1.96 bits per heavy atom. The fourth-order valence-electron chi connectivity index (χ4n) is 2.78. The van der Waals surface area contributed by atoms with Gasteiger partial charge in [0, 0.05) is 18.8 Å². The fraction of sp³-hybridized carbons (Fsp3) is 0.263. The number of amides is 2. The van der Waals surface area contributed by atoms with Gasteiger partial charge in [0.05, 0.1) is 12.0 Å². The minimum absolute atomic E-state index is 0.189. The minimum atomic E-state index is -0.220. The first-order valence-electron chi connectivity index (χ1n) is 8.25. The van der Waals surface area contributed by atoms with E-state index in [1.54, 1.807) is 6.26 Å². The van der Waals surface area contributed by atoms with Gasteiger partial charge in [0.2, 0.25) is 0 Å². The first kappa shape index (κ1) is 16.8. The molecule has 2 amide bonds. The highest BCUT2D eigenvalue weighted by atomic mass is 16.3. The van der Waals surface area contributed by atoms with Crippen LogP contribution in [0.4, 0.5) is 4.79 Å². The Labute approximate surface area is 146 Å². The summed E-state index contributed by atoms with van der Waals surface area (Å²) < 4.78 is 7.42. The van der Waals surface area contributed by atoms with Crippen molar-refractivity contribution < 1.29 is 9.21 Å². The number of urea groups is 1. The van der Waals surface area contributed by atoms with Gasteiger partial charge in [-0.05, 0) is 37.6 Å². The average molecular weight is 338 g/mol. The van der Waals surface area contributed by atoms with Crippen molar-refractivity contribution in [2.75, 3.05) is 6.54 Å². The van der Waals surface area contributed by atoms with Gasteiger partial charge in [0.1, 0.15) is 11.8 Å². The topological polar surface area (TPSA) is 72.1 Å². The summed E-state index contributed by atoms with van der Waals surface area (Å²) in [5.74, 6) is 0.759. The van der Waals surface area contributed by atoms with E-state index in [-0.39, 0.29) is 12.1 Å². The van der Waals surface area contributed by atoms with E-state index in [1.165, 1.54) is 0 Å². The van der Waals surface area contributed by atoms with Crippen LogP contribution in [0.15, 0.2) is 59.2 Å². The molecule has 2 N–H and O–H groups in total. The third-order valence-corrected chi connectivity index (χ3v) is 3.96. The molecule has 2 heterocycles. The molecule has 6 heteroatoms. The second-order valence-corrected chi connectivity index (χ2v) is 5.95. The maximum Gasteiger partial charge on any atom is 0.315 e. The number of nitrogens with zero attached hydrogens (tertiary/aromatic N) is 2. The van der Waals surface area contributed by atoms with Gasteiger partial charge in [-0.25, -0.2) is 4.79 Å². The zero-order valence-electron chi connectivity index (χ0n) is 14.4. The van der Waals surface area contributed by atoms with Crippen molar-refractivity contribution in [1.29, 1.82) is 0 Å². The first-order valence-corrected chi connectivity index (χ1v) is 8.25. The van der Waals surface area contributed by atoms with E-state index in [0.29, 0.717) is 13.1 Å². The molecule has 25 heavy (non-hydrogen) atoms. The molecule has 6 nitrogen and oxygen atoms in total. The van der Waals surface area contributed by atoms with Crippen LogP contribution in [0.3, 0.4) is 0 Å². The van der Waals surface area contributed by atoms with E-state index in [0.717, 1.165) is 22.7 Å². The molecular formula is C19H22N4O2. The molecule has 0 aliphatic heterocycles. The maximum absolute atomic E-state index is 12.1. The Balaban J connectivity index is 1.63. The highest BCUT2D eigenvalue weighted by Crippen LogP contribution is 2.20. The Hall–Kier alpha value is -3.02. The van der Waals surface area contributed by atoms with Crippen LogP contribution < -0.4 is 10.6 Å². The highest BCUT2D eigenvalue weighted by molar-refractivity contribution is 5.73. The lowest BCUT2D eigenvalue weighted by molar-refractivity contribution is 0.238. The lowest BCUT2D eigenvalue weighted by Crippen LogP contribution is -2.39. The number of benzene rings is 1. The third kappa shape index (κ3) is 4.29. The summed E-state index contributed by atoms with van der Waals surface area (Å²) in [7, 11) is 0. The number of carbonyl (C=O) groups excluding carboxylic acids is 1. The molecular weight excluding hydrogens is 316 g/mol. The molecule has 1 atom stereocenters. The van der Waals surface area contributed by atoms with Crippen molar-refractivity contribution in [2.45, 2.75) is 26.4 Å². The van der Waals surface area contributed by atoms with E-state index in [1.807, 2.05) is 67.1 Å². The van der Waals surface area contributed by atoms with E-state index in [2.05, 4.69) is 15.7 Å². The van der Waals surface area contributed by atoms with Crippen molar-refractivity contribution in [3.05, 3.63) is 77.5 Å².